The minimum Gasteiger partial charge on any atom is -0.501 e. The van der Waals surface area contributed by atoms with E-state index in [1.807, 2.05) is 13.8 Å². The quantitative estimate of drug-likeness (QED) is 0.565. The maximum atomic E-state index is 5.12. The van der Waals surface area contributed by atoms with Crippen LogP contribution in [0.4, 0.5) is 0 Å². The van der Waals surface area contributed by atoms with Crippen LogP contribution < -0.4 is 0 Å². The van der Waals surface area contributed by atoms with Crippen molar-refractivity contribution in [1.29, 1.82) is 0 Å². The molecule has 11 heavy (non-hydrogen) atoms. The van der Waals surface area contributed by atoms with Gasteiger partial charge in [0.2, 0.25) is 0 Å². The normalized spacial score (nSPS) is 22.9. The van der Waals surface area contributed by atoms with Gasteiger partial charge in [0.25, 0.3) is 0 Å². The summed E-state index contributed by atoms with van der Waals surface area (Å²) in [5.41, 5.74) is 0. The number of hydrogen-bond donors (Lipinski definition) is 0. The van der Waals surface area contributed by atoms with Crippen molar-refractivity contribution in [2.75, 3.05) is 7.11 Å². The second-order valence-electron chi connectivity index (χ2n) is 2.76. The summed E-state index contributed by atoms with van der Waals surface area (Å²) in [6, 6.07) is 0. The molecule has 0 aromatic heterocycles. The molecule has 0 saturated carbocycles. The van der Waals surface area contributed by atoms with Gasteiger partial charge in [0.05, 0.1) is 12.9 Å². The van der Waals surface area contributed by atoms with E-state index >= 15 is 0 Å². The van der Waals surface area contributed by atoms with Crippen molar-refractivity contribution in [1.82, 2.24) is 0 Å². The Morgan fingerprint density at radius 2 is 2.09 bits per heavy atom. The fourth-order valence-corrected chi connectivity index (χ4v) is 1.22. The third-order valence-corrected chi connectivity index (χ3v) is 1.84. The lowest BCUT2D eigenvalue weighted by atomic mass is 9.95. The Hall–Kier alpha value is -0.460. The van der Waals surface area contributed by atoms with Gasteiger partial charge >= 0.3 is 0 Å². The second kappa shape index (κ2) is 6.26. The molecule has 1 nitrogen and oxygen atoms in total. The zero-order chi connectivity index (χ0) is 8.69. The van der Waals surface area contributed by atoms with Crippen molar-refractivity contribution in [3.8, 4) is 0 Å². The monoisotopic (exact) mass is 156 g/mol. The van der Waals surface area contributed by atoms with E-state index in [4.69, 9.17) is 4.74 Å². The average Bonchev–Trinajstić information content (AvgIpc) is 2.08. The van der Waals surface area contributed by atoms with Gasteiger partial charge in [0, 0.05) is 6.42 Å². The van der Waals surface area contributed by atoms with E-state index in [0.29, 0.717) is 0 Å². The summed E-state index contributed by atoms with van der Waals surface area (Å²) in [7, 11) is 1.75. The van der Waals surface area contributed by atoms with Crippen LogP contribution in [0.1, 0.15) is 40.0 Å². The van der Waals surface area contributed by atoms with Crippen molar-refractivity contribution < 1.29 is 4.74 Å². The van der Waals surface area contributed by atoms with Gasteiger partial charge in [-0.2, -0.15) is 0 Å². The highest BCUT2D eigenvalue weighted by Gasteiger charge is 2.09. The van der Waals surface area contributed by atoms with Crippen LogP contribution in [0.5, 0.6) is 0 Å². The highest BCUT2D eigenvalue weighted by atomic mass is 16.5. The molecule has 0 aromatic carbocycles. The number of hydrogen-bond acceptors (Lipinski definition) is 1. The van der Waals surface area contributed by atoms with Crippen LogP contribution >= 0.6 is 0 Å². The first-order valence-corrected chi connectivity index (χ1v) is 4.56. The van der Waals surface area contributed by atoms with E-state index < -0.39 is 0 Å². The highest BCUT2D eigenvalue weighted by molar-refractivity contribution is 4.98. The van der Waals surface area contributed by atoms with Gasteiger partial charge in [-0.1, -0.05) is 20.8 Å². The molecule has 0 aromatic rings. The van der Waals surface area contributed by atoms with E-state index in [0.717, 1.165) is 12.3 Å². The summed E-state index contributed by atoms with van der Waals surface area (Å²) in [5.74, 6) is 2.00. The molecule has 0 aliphatic heterocycles. The van der Waals surface area contributed by atoms with Crippen LogP contribution in [0.3, 0.4) is 0 Å². The molecule has 0 saturated heterocycles. The lowest BCUT2D eigenvalue weighted by Gasteiger charge is -2.17. The first kappa shape index (κ1) is 10.5. The van der Waals surface area contributed by atoms with Crippen molar-refractivity contribution >= 4 is 0 Å². The molecule has 1 heteroatoms. The molecule has 1 aliphatic carbocycles. The Bertz CT molecular complexity index is 116. The Kier molecular flexibility index (Phi) is 6.00. The molecule has 1 atom stereocenters. The van der Waals surface area contributed by atoms with Crippen molar-refractivity contribution in [3.05, 3.63) is 11.8 Å². The second-order valence-corrected chi connectivity index (χ2v) is 2.76. The van der Waals surface area contributed by atoms with Gasteiger partial charge in [0.15, 0.2) is 0 Å². The smallest absolute Gasteiger partial charge is 0.0918 e. The van der Waals surface area contributed by atoms with Gasteiger partial charge in [-0.25, -0.2) is 0 Å². The van der Waals surface area contributed by atoms with E-state index in [9.17, 15) is 0 Å². The van der Waals surface area contributed by atoms with Crippen LogP contribution in [-0.2, 0) is 4.74 Å². The van der Waals surface area contributed by atoms with Crippen LogP contribution in [-0.4, -0.2) is 7.11 Å². The predicted molar refractivity (Wildman–Crippen MR) is 49.5 cm³/mol. The fraction of sp³-hybridized carbons (Fsp3) is 0.800. The Balaban J connectivity index is 0.000000461. The molecular weight excluding hydrogens is 136 g/mol. The van der Waals surface area contributed by atoms with Crippen molar-refractivity contribution in [3.63, 3.8) is 0 Å². The third-order valence-electron chi connectivity index (χ3n) is 1.84. The maximum Gasteiger partial charge on any atom is 0.0918 e. The minimum absolute atomic E-state index is 0.824. The molecule has 1 rings (SSSR count). The summed E-state index contributed by atoms with van der Waals surface area (Å²) in [6.07, 6.45) is 5.85. The largest absolute Gasteiger partial charge is 0.501 e. The molecule has 0 bridgehead atoms. The molecule has 1 aliphatic rings. The van der Waals surface area contributed by atoms with Gasteiger partial charge in [-0.3, -0.25) is 0 Å². The summed E-state index contributed by atoms with van der Waals surface area (Å²) >= 11 is 0. The predicted octanol–water partition coefficient (Wildman–Crippen LogP) is 3.36. The molecule has 0 N–H and O–H groups in total. The summed E-state index contributed by atoms with van der Waals surface area (Å²) in [5, 5.41) is 0. The van der Waals surface area contributed by atoms with Crippen LogP contribution in [0.2, 0.25) is 0 Å². The zero-order valence-corrected chi connectivity index (χ0v) is 8.18. The SMILES string of the molecule is CC.COC1=CCCC(C)C1. The van der Waals surface area contributed by atoms with Crippen LogP contribution in [0.15, 0.2) is 11.8 Å². The van der Waals surface area contributed by atoms with E-state index in [-0.39, 0.29) is 0 Å². The van der Waals surface area contributed by atoms with Crippen molar-refractivity contribution in [2.24, 2.45) is 5.92 Å². The molecule has 0 fully saturated rings. The first-order chi connectivity index (χ1) is 5.33. The van der Waals surface area contributed by atoms with Crippen molar-refractivity contribution in [2.45, 2.75) is 40.0 Å². The maximum absolute atomic E-state index is 5.12. The summed E-state index contributed by atoms with van der Waals surface area (Å²) in [6.45, 7) is 6.27. The number of rotatable bonds is 1. The van der Waals surface area contributed by atoms with Crippen LogP contribution in [0, 0.1) is 5.92 Å². The standard InChI is InChI=1S/C8H14O.C2H6/c1-7-4-3-5-8(6-7)9-2;1-2/h5,7H,3-4,6H2,1-2H3;1-2H3. The van der Waals surface area contributed by atoms with Gasteiger partial charge < -0.3 is 4.74 Å². The summed E-state index contributed by atoms with van der Waals surface area (Å²) in [4.78, 5) is 0. The molecule has 1 unspecified atom stereocenters. The van der Waals surface area contributed by atoms with Gasteiger partial charge in [-0.15, -0.1) is 0 Å². The average molecular weight is 156 g/mol. The van der Waals surface area contributed by atoms with Gasteiger partial charge in [-0.05, 0) is 24.8 Å². The summed E-state index contributed by atoms with van der Waals surface area (Å²) < 4.78 is 5.12. The topological polar surface area (TPSA) is 9.23 Å². The molecule has 0 heterocycles. The third kappa shape index (κ3) is 4.07. The number of ether oxygens (including phenoxy) is 1. The zero-order valence-electron chi connectivity index (χ0n) is 8.18. The lowest BCUT2D eigenvalue weighted by Crippen LogP contribution is -2.03. The molecule has 0 spiro atoms. The highest BCUT2D eigenvalue weighted by Crippen LogP contribution is 2.22. The first-order valence-electron chi connectivity index (χ1n) is 4.56. The van der Waals surface area contributed by atoms with E-state index in [1.54, 1.807) is 7.11 Å². The number of allylic oxidation sites excluding steroid dienone is 2. The van der Waals surface area contributed by atoms with E-state index in [2.05, 4.69) is 13.0 Å². The van der Waals surface area contributed by atoms with Crippen LogP contribution in [0.25, 0.3) is 0 Å². The number of methoxy groups -OCH3 is 1. The van der Waals surface area contributed by atoms with Gasteiger partial charge in [0.1, 0.15) is 0 Å². The van der Waals surface area contributed by atoms with E-state index in [1.165, 1.54) is 18.6 Å². The lowest BCUT2D eigenvalue weighted by molar-refractivity contribution is 0.248. The molecular formula is C10H20O. The fourth-order valence-electron chi connectivity index (χ4n) is 1.22. The minimum atomic E-state index is 0.824. The molecule has 66 valence electrons. The Labute approximate surface area is 70.4 Å². The molecule has 0 amide bonds. The molecule has 0 radical (unpaired) electrons. The Morgan fingerprint density at radius 3 is 2.45 bits per heavy atom. The Morgan fingerprint density at radius 1 is 1.45 bits per heavy atom.